The molecule has 3 rings (SSSR count). The zero-order chi connectivity index (χ0) is 16.9. The van der Waals surface area contributed by atoms with Crippen molar-refractivity contribution in [2.75, 3.05) is 24.0 Å². The minimum atomic E-state index is -0.176. The van der Waals surface area contributed by atoms with E-state index in [-0.39, 0.29) is 11.7 Å². The fourth-order valence-electron chi connectivity index (χ4n) is 2.01. The predicted octanol–water partition coefficient (Wildman–Crippen LogP) is 2.46. The number of amides is 1. The van der Waals surface area contributed by atoms with E-state index in [0.29, 0.717) is 22.4 Å². The maximum Gasteiger partial charge on any atom is 0.234 e. The van der Waals surface area contributed by atoms with E-state index >= 15 is 0 Å². The summed E-state index contributed by atoms with van der Waals surface area (Å²) in [6.07, 6.45) is 0. The molecule has 0 aliphatic heterocycles. The van der Waals surface area contributed by atoms with E-state index in [4.69, 9.17) is 10.6 Å². The monoisotopic (exact) mass is 361 g/mol. The number of hydrogen-bond donors (Lipinski definition) is 2. The quantitative estimate of drug-likeness (QED) is 0.517. The molecule has 1 amide bonds. The van der Waals surface area contributed by atoms with Crippen LogP contribution in [0.1, 0.15) is 0 Å². The van der Waals surface area contributed by atoms with Gasteiger partial charge >= 0.3 is 0 Å². The molecular formula is C15H15N5O2S2. The van der Waals surface area contributed by atoms with Crippen molar-refractivity contribution in [1.82, 2.24) is 14.9 Å². The van der Waals surface area contributed by atoms with Gasteiger partial charge in [0.2, 0.25) is 11.1 Å². The van der Waals surface area contributed by atoms with Crippen molar-refractivity contribution in [3.8, 4) is 16.5 Å². The Kier molecular flexibility index (Phi) is 5.02. The van der Waals surface area contributed by atoms with Crippen molar-refractivity contribution < 1.29 is 9.53 Å². The van der Waals surface area contributed by atoms with Gasteiger partial charge in [-0.15, -0.1) is 21.5 Å². The molecule has 0 bridgehead atoms. The highest BCUT2D eigenvalue weighted by Crippen LogP contribution is 2.26. The van der Waals surface area contributed by atoms with Crippen molar-refractivity contribution in [3.05, 3.63) is 41.8 Å². The zero-order valence-electron chi connectivity index (χ0n) is 12.8. The van der Waals surface area contributed by atoms with Crippen LogP contribution >= 0.6 is 23.1 Å². The fourth-order valence-corrected chi connectivity index (χ4v) is 3.38. The molecule has 7 nitrogen and oxygen atoms in total. The van der Waals surface area contributed by atoms with Crippen LogP contribution in [-0.2, 0) is 4.79 Å². The molecular weight excluding hydrogens is 346 g/mol. The van der Waals surface area contributed by atoms with E-state index in [1.54, 1.807) is 19.2 Å². The molecule has 0 atom stereocenters. The summed E-state index contributed by atoms with van der Waals surface area (Å²) < 4.78 is 6.60. The van der Waals surface area contributed by atoms with Crippen LogP contribution in [0.4, 0.5) is 5.69 Å². The second kappa shape index (κ2) is 7.37. The first-order valence-corrected chi connectivity index (χ1v) is 8.85. The minimum Gasteiger partial charge on any atom is -0.495 e. The topological polar surface area (TPSA) is 95.1 Å². The highest BCUT2D eigenvalue weighted by molar-refractivity contribution is 7.99. The van der Waals surface area contributed by atoms with Crippen molar-refractivity contribution in [3.63, 3.8) is 0 Å². The van der Waals surface area contributed by atoms with Crippen molar-refractivity contribution in [2.45, 2.75) is 5.16 Å². The van der Waals surface area contributed by atoms with E-state index in [9.17, 15) is 4.79 Å². The average Bonchev–Trinajstić information content (AvgIpc) is 3.23. The normalized spacial score (nSPS) is 10.5. The Hall–Kier alpha value is -2.52. The number of carbonyl (C=O) groups excluding carboxylic acids is 1. The van der Waals surface area contributed by atoms with Gasteiger partial charge in [-0.3, -0.25) is 4.79 Å². The molecule has 0 unspecified atom stereocenters. The van der Waals surface area contributed by atoms with Gasteiger partial charge in [0.1, 0.15) is 5.75 Å². The molecule has 0 saturated carbocycles. The molecule has 0 aliphatic rings. The van der Waals surface area contributed by atoms with Gasteiger partial charge in [0, 0.05) is 0 Å². The van der Waals surface area contributed by atoms with E-state index < -0.39 is 0 Å². The molecule has 124 valence electrons. The highest BCUT2D eigenvalue weighted by atomic mass is 32.2. The molecule has 0 aliphatic carbocycles. The Balaban J connectivity index is 1.63. The predicted molar refractivity (Wildman–Crippen MR) is 95.8 cm³/mol. The molecule has 24 heavy (non-hydrogen) atoms. The Labute approximate surface area is 146 Å². The third-order valence-corrected chi connectivity index (χ3v) is 4.93. The van der Waals surface area contributed by atoms with Crippen LogP contribution < -0.4 is 15.9 Å². The summed E-state index contributed by atoms with van der Waals surface area (Å²) in [7, 11) is 1.56. The van der Waals surface area contributed by atoms with Gasteiger partial charge in [0.25, 0.3) is 0 Å². The summed E-state index contributed by atoms with van der Waals surface area (Å²) in [6.45, 7) is 0. The maximum atomic E-state index is 12.1. The molecule has 2 aromatic heterocycles. The van der Waals surface area contributed by atoms with Gasteiger partial charge in [-0.1, -0.05) is 30.0 Å². The number of nitrogen functional groups attached to an aromatic ring is 1. The number of para-hydroxylation sites is 2. The Bertz CT molecular complexity index is 832. The van der Waals surface area contributed by atoms with Gasteiger partial charge in [0.15, 0.2) is 5.82 Å². The summed E-state index contributed by atoms with van der Waals surface area (Å²) in [5, 5.41) is 13.3. The summed E-state index contributed by atoms with van der Waals surface area (Å²) >= 11 is 2.75. The number of methoxy groups -OCH3 is 1. The van der Waals surface area contributed by atoms with Crippen LogP contribution in [0.3, 0.4) is 0 Å². The maximum absolute atomic E-state index is 12.1. The van der Waals surface area contributed by atoms with E-state index in [0.717, 1.165) is 4.88 Å². The van der Waals surface area contributed by atoms with Crippen LogP contribution in [-0.4, -0.2) is 33.6 Å². The van der Waals surface area contributed by atoms with Crippen LogP contribution in [0.2, 0.25) is 0 Å². The van der Waals surface area contributed by atoms with E-state index in [1.807, 2.05) is 29.6 Å². The van der Waals surface area contributed by atoms with Crippen LogP contribution in [0.25, 0.3) is 10.7 Å². The van der Waals surface area contributed by atoms with Crippen LogP contribution in [0.5, 0.6) is 5.75 Å². The zero-order valence-corrected chi connectivity index (χ0v) is 14.4. The number of thiophene rings is 1. The standard InChI is InChI=1S/C15H15N5O2S2/c1-22-11-6-3-2-5-10(11)17-13(21)9-24-15-19-18-14(20(15)16)12-7-4-8-23-12/h2-8H,9,16H2,1H3,(H,17,21). The van der Waals surface area contributed by atoms with E-state index in [1.165, 1.54) is 27.8 Å². The number of carbonyl (C=O) groups is 1. The first kappa shape index (κ1) is 16.3. The van der Waals surface area contributed by atoms with Gasteiger partial charge in [-0.05, 0) is 23.6 Å². The number of nitrogens with zero attached hydrogens (tertiary/aromatic N) is 3. The van der Waals surface area contributed by atoms with Crippen LogP contribution in [0.15, 0.2) is 46.9 Å². The summed E-state index contributed by atoms with van der Waals surface area (Å²) in [6, 6.07) is 11.1. The van der Waals surface area contributed by atoms with Crippen molar-refractivity contribution >= 4 is 34.7 Å². The molecule has 3 N–H and O–H groups in total. The lowest BCUT2D eigenvalue weighted by atomic mass is 10.3. The molecule has 0 fully saturated rings. The number of benzene rings is 1. The Morgan fingerprint density at radius 3 is 2.92 bits per heavy atom. The number of anilines is 1. The number of thioether (sulfide) groups is 1. The van der Waals surface area contributed by atoms with Crippen molar-refractivity contribution in [1.29, 1.82) is 0 Å². The SMILES string of the molecule is COc1ccccc1NC(=O)CSc1nnc(-c2cccs2)n1N. The summed E-state index contributed by atoms with van der Waals surface area (Å²) in [4.78, 5) is 13.0. The molecule has 0 spiro atoms. The third kappa shape index (κ3) is 3.52. The van der Waals surface area contributed by atoms with Gasteiger partial charge in [-0.2, -0.15) is 0 Å². The molecule has 3 aromatic rings. The fraction of sp³-hybridized carbons (Fsp3) is 0.133. The number of nitrogens with two attached hydrogens (primary N) is 1. The third-order valence-electron chi connectivity index (χ3n) is 3.12. The van der Waals surface area contributed by atoms with Crippen LogP contribution in [0, 0.1) is 0 Å². The first-order valence-electron chi connectivity index (χ1n) is 6.99. The molecule has 0 saturated heterocycles. The Morgan fingerprint density at radius 2 is 2.17 bits per heavy atom. The number of ether oxygens (including phenoxy) is 1. The molecule has 1 aromatic carbocycles. The average molecular weight is 361 g/mol. The van der Waals surface area contributed by atoms with Gasteiger partial charge in [0.05, 0.1) is 23.4 Å². The lowest BCUT2D eigenvalue weighted by molar-refractivity contribution is -0.113. The Morgan fingerprint density at radius 1 is 1.33 bits per heavy atom. The first-order chi connectivity index (χ1) is 11.7. The van der Waals surface area contributed by atoms with Gasteiger partial charge < -0.3 is 15.9 Å². The summed E-state index contributed by atoms with van der Waals surface area (Å²) in [5.41, 5.74) is 0.624. The smallest absolute Gasteiger partial charge is 0.234 e. The second-order valence-electron chi connectivity index (χ2n) is 4.69. The highest BCUT2D eigenvalue weighted by Gasteiger charge is 2.15. The number of nitrogens with one attached hydrogen (secondary N) is 1. The number of aromatic nitrogens is 3. The number of hydrogen-bond acceptors (Lipinski definition) is 7. The number of rotatable bonds is 6. The molecule has 0 radical (unpaired) electrons. The lowest BCUT2D eigenvalue weighted by Crippen LogP contribution is -2.16. The minimum absolute atomic E-state index is 0.165. The van der Waals surface area contributed by atoms with Crippen molar-refractivity contribution in [2.24, 2.45) is 0 Å². The largest absolute Gasteiger partial charge is 0.495 e. The second-order valence-corrected chi connectivity index (χ2v) is 6.58. The summed E-state index contributed by atoms with van der Waals surface area (Å²) in [5.74, 6) is 7.18. The van der Waals surface area contributed by atoms with E-state index in [2.05, 4.69) is 15.5 Å². The van der Waals surface area contributed by atoms with Gasteiger partial charge in [-0.25, -0.2) is 4.68 Å². The lowest BCUT2D eigenvalue weighted by Gasteiger charge is -2.09. The molecule has 2 heterocycles. The molecule has 9 heteroatoms.